The predicted molar refractivity (Wildman–Crippen MR) is 238 cm³/mol. The van der Waals surface area contributed by atoms with Crippen LogP contribution in [0.3, 0.4) is 0 Å². The Labute approximate surface area is 349 Å². The van der Waals surface area contributed by atoms with Crippen molar-refractivity contribution in [3.63, 3.8) is 0 Å². The summed E-state index contributed by atoms with van der Waals surface area (Å²) in [5.41, 5.74) is 5.35. The van der Waals surface area contributed by atoms with E-state index in [1.54, 1.807) is 0 Å². The Bertz CT molecular complexity index is 1080. The molecule has 3 N–H and O–H groups in total. The quantitative estimate of drug-likeness (QED) is 0.0267. The van der Waals surface area contributed by atoms with Crippen LogP contribution in [-0.2, 0) is 32.7 Å². The van der Waals surface area contributed by atoms with E-state index in [2.05, 4.69) is 62.5 Å². The van der Waals surface area contributed by atoms with Gasteiger partial charge in [0.15, 0.2) is 6.10 Å². The Balaban J connectivity index is 4.07. The molecule has 0 heterocycles. The summed E-state index contributed by atoms with van der Waals surface area (Å²) in [6.45, 7) is 3.63. The van der Waals surface area contributed by atoms with Gasteiger partial charge in [-0.2, -0.15) is 0 Å². The molecular formula is C47H86NO8P. The van der Waals surface area contributed by atoms with Crippen LogP contribution >= 0.6 is 7.82 Å². The lowest BCUT2D eigenvalue weighted by atomic mass is 10.0. The maximum absolute atomic E-state index is 12.6. The zero-order chi connectivity index (χ0) is 41.8. The number of allylic oxidation sites excluding steroid dienone is 8. The van der Waals surface area contributed by atoms with E-state index in [0.29, 0.717) is 6.42 Å². The molecule has 0 aliphatic rings. The minimum Gasteiger partial charge on any atom is -0.462 e. The lowest BCUT2D eigenvalue weighted by Crippen LogP contribution is -2.29. The van der Waals surface area contributed by atoms with Crippen LogP contribution in [-0.4, -0.2) is 49.3 Å². The number of esters is 2. The average Bonchev–Trinajstić information content (AvgIpc) is 3.20. The highest BCUT2D eigenvalue weighted by molar-refractivity contribution is 7.47. The topological polar surface area (TPSA) is 134 Å². The zero-order valence-corrected chi connectivity index (χ0v) is 37.5. The summed E-state index contributed by atoms with van der Waals surface area (Å²) in [6, 6.07) is 0. The van der Waals surface area contributed by atoms with Crippen LogP contribution in [0.5, 0.6) is 0 Å². The fraction of sp³-hybridized carbons (Fsp3) is 0.787. The van der Waals surface area contributed by atoms with Crippen LogP contribution in [0.1, 0.15) is 206 Å². The highest BCUT2D eigenvalue weighted by Gasteiger charge is 2.26. The molecule has 0 aromatic carbocycles. The number of carbonyl (C=O) groups is 2. The van der Waals surface area contributed by atoms with Crippen molar-refractivity contribution >= 4 is 19.8 Å². The van der Waals surface area contributed by atoms with Crippen LogP contribution < -0.4 is 5.73 Å². The Morgan fingerprint density at radius 1 is 0.544 bits per heavy atom. The van der Waals surface area contributed by atoms with E-state index < -0.39 is 26.5 Å². The molecular weight excluding hydrogens is 737 g/mol. The van der Waals surface area contributed by atoms with Gasteiger partial charge in [0.05, 0.1) is 13.2 Å². The summed E-state index contributed by atoms with van der Waals surface area (Å²) in [4.78, 5) is 34.9. The van der Waals surface area contributed by atoms with Crippen molar-refractivity contribution in [2.75, 3.05) is 26.4 Å². The van der Waals surface area contributed by atoms with Crippen molar-refractivity contribution in [3.05, 3.63) is 48.6 Å². The van der Waals surface area contributed by atoms with Gasteiger partial charge in [-0.15, -0.1) is 0 Å². The number of unbranched alkanes of at least 4 members (excludes halogenated alkanes) is 22. The van der Waals surface area contributed by atoms with Crippen molar-refractivity contribution < 1.29 is 37.6 Å². The Kier molecular flexibility index (Phi) is 42.0. The molecule has 0 bridgehead atoms. The van der Waals surface area contributed by atoms with Gasteiger partial charge in [-0.05, 0) is 51.4 Å². The standard InChI is InChI=1S/C47H86NO8P/c1-3-5-7-9-11-13-15-17-18-19-20-21-22-23-24-25-26-28-30-32-34-36-38-40-47(50)56-45(44-55-57(51,52)54-42-41-48)43-53-46(49)39-37-35-33-31-29-27-16-14-12-10-8-6-4-2/h5,7,11,13,17-18,20-21,45H,3-4,6,8-10,12,14-16,19,22-44,48H2,1-2H3,(H,51,52)/b7-5-,13-11-,18-17-,21-20-. The SMILES string of the molecule is CC/C=C\C/C=C\C/C=C\C/C=C\CCCCCCCCCCCCC(=O)OC(COC(=O)CCCCCCCCCCCCCCC)COP(=O)(O)OCCN. The van der Waals surface area contributed by atoms with Crippen LogP contribution in [0.4, 0.5) is 0 Å². The van der Waals surface area contributed by atoms with E-state index in [1.165, 1.54) is 103 Å². The van der Waals surface area contributed by atoms with Gasteiger partial charge < -0.3 is 20.1 Å². The number of carbonyl (C=O) groups excluding carboxylic acids is 2. The highest BCUT2D eigenvalue weighted by Crippen LogP contribution is 2.43. The average molecular weight is 824 g/mol. The molecule has 10 heteroatoms. The molecule has 0 aromatic rings. The molecule has 0 saturated carbocycles. The number of ether oxygens (including phenoxy) is 2. The fourth-order valence-electron chi connectivity index (χ4n) is 6.33. The van der Waals surface area contributed by atoms with Gasteiger partial charge in [-0.3, -0.25) is 18.6 Å². The summed E-state index contributed by atoms with van der Waals surface area (Å²) < 4.78 is 32.8. The molecule has 57 heavy (non-hydrogen) atoms. The molecule has 0 fully saturated rings. The number of hydrogen-bond acceptors (Lipinski definition) is 8. The van der Waals surface area contributed by atoms with Gasteiger partial charge in [0.25, 0.3) is 0 Å². The molecule has 2 unspecified atom stereocenters. The third kappa shape index (κ3) is 43.4. The molecule has 2 atom stereocenters. The lowest BCUT2D eigenvalue weighted by Gasteiger charge is -2.19. The minimum atomic E-state index is -4.38. The molecule has 332 valence electrons. The van der Waals surface area contributed by atoms with Crippen LogP contribution in [0.15, 0.2) is 48.6 Å². The van der Waals surface area contributed by atoms with Crippen LogP contribution in [0.2, 0.25) is 0 Å². The van der Waals surface area contributed by atoms with Gasteiger partial charge in [0.1, 0.15) is 6.61 Å². The molecule has 0 saturated heterocycles. The third-order valence-electron chi connectivity index (χ3n) is 9.73. The van der Waals surface area contributed by atoms with E-state index in [-0.39, 0.29) is 38.6 Å². The van der Waals surface area contributed by atoms with Crippen molar-refractivity contribution in [1.29, 1.82) is 0 Å². The first kappa shape index (κ1) is 55.0. The summed E-state index contributed by atoms with van der Waals surface area (Å²) in [7, 11) is -4.38. The maximum Gasteiger partial charge on any atom is 0.472 e. The van der Waals surface area contributed by atoms with E-state index >= 15 is 0 Å². The Morgan fingerprint density at radius 2 is 0.965 bits per heavy atom. The second kappa shape index (κ2) is 43.5. The van der Waals surface area contributed by atoms with E-state index in [9.17, 15) is 19.0 Å². The van der Waals surface area contributed by atoms with Crippen molar-refractivity contribution in [3.8, 4) is 0 Å². The number of phosphoric ester groups is 1. The minimum absolute atomic E-state index is 0.0525. The lowest BCUT2D eigenvalue weighted by molar-refractivity contribution is -0.161. The number of nitrogens with two attached hydrogens (primary N) is 1. The molecule has 0 aromatic heterocycles. The van der Waals surface area contributed by atoms with Crippen LogP contribution in [0.25, 0.3) is 0 Å². The molecule has 9 nitrogen and oxygen atoms in total. The molecule has 0 radical (unpaired) electrons. The first-order valence-electron chi connectivity index (χ1n) is 23.1. The fourth-order valence-corrected chi connectivity index (χ4v) is 7.10. The summed E-state index contributed by atoms with van der Waals surface area (Å²) in [5.74, 6) is -0.829. The Hall–Kier alpha value is -2.03. The third-order valence-corrected chi connectivity index (χ3v) is 10.7. The van der Waals surface area contributed by atoms with Gasteiger partial charge in [-0.1, -0.05) is 191 Å². The second-order valence-corrected chi connectivity index (χ2v) is 16.7. The smallest absolute Gasteiger partial charge is 0.462 e. The van der Waals surface area contributed by atoms with E-state index in [1.807, 2.05) is 0 Å². The molecule has 0 spiro atoms. The molecule has 0 rings (SSSR count). The largest absolute Gasteiger partial charge is 0.472 e. The van der Waals surface area contributed by atoms with E-state index in [0.717, 1.165) is 70.6 Å². The van der Waals surface area contributed by atoms with Gasteiger partial charge in [0, 0.05) is 19.4 Å². The molecule has 0 aliphatic heterocycles. The van der Waals surface area contributed by atoms with Gasteiger partial charge in [0.2, 0.25) is 0 Å². The van der Waals surface area contributed by atoms with Crippen molar-refractivity contribution in [1.82, 2.24) is 0 Å². The van der Waals surface area contributed by atoms with Gasteiger partial charge in [-0.25, -0.2) is 4.57 Å². The van der Waals surface area contributed by atoms with Crippen LogP contribution in [0, 0.1) is 0 Å². The van der Waals surface area contributed by atoms with Crippen molar-refractivity contribution in [2.45, 2.75) is 213 Å². The molecule has 0 amide bonds. The number of rotatable bonds is 43. The first-order chi connectivity index (χ1) is 27.8. The van der Waals surface area contributed by atoms with Crippen molar-refractivity contribution in [2.24, 2.45) is 5.73 Å². The Morgan fingerprint density at radius 3 is 1.44 bits per heavy atom. The molecule has 0 aliphatic carbocycles. The first-order valence-corrected chi connectivity index (χ1v) is 24.6. The normalized spacial score (nSPS) is 13.7. The van der Waals surface area contributed by atoms with Gasteiger partial charge >= 0.3 is 19.8 Å². The monoisotopic (exact) mass is 824 g/mol. The zero-order valence-electron chi connectivity index (χ0n) is 36.6. The summed E-state index contributed by atoms with van der Waals surface area (Å²) in [5, 5.41) is 0. The maximum atomic E-state index is 12.6. The summed E-state index contributed by atoms with van der Waals surface area (Å²) in [6.07, 6.45) is 50.0. The second-order valence-electron chi connectivity index (χ2n) is 15.2. The van der Waals surface area contributed by atoms with E-state index in [4.69, 9.17) is 24.3 Å². The predicted octanol–water partition coefficient (Wildman–Crippen LogP) is 13.5. The summed E-state index contributed by atoms with van der Waals surface area (Å²) >= 11 is 0. The highest BCUT2D eigenvalue weighted by atomic mass is 31.2. The number of hydrogen-bond donors (Lipinski definition) is 2. The number of phosphoric acid groups is 1.